The van der Waals surface area contributed by atoms with Gasteiger partial charge in [-0.15, -0.1) is 5.10 Å². The lowest BCUT2D eigenvalue weighted by Crippen LogP contribution is -2.43. The van der Waals surface area contributed by atoms with Gasteiger partial charge in [-0.25, -0.2) is 9.67 Å². The summed E-state index contributed by atoms with van der Waals surface area (Å²) in [5.74, 6) is 0.624. The smallest absolute Gasteiger partial charge is 0.252 e. The van der Waals surface area contributed by atoms with E-state index in [1.54, 1.807) is 31.1 Å². The van der Waals surface area contributed by atoms with Gasteiger partial charge >= 0.3 is 0 Å². The van der Waals surface area contributed by atoms with Crippen molar-refractivity contribution in [2.45, 2.75) is 6.04 Å². The fraction of sp³-hybridized carbons (Fsp3) is 0.400. The Labute approximate surface area is 168 Å². The van der Waals surface area contributed by atoms with Crippen molar-refractivity contribution in [2.24, 2.45) is 7.05 Å². The first-order valence-corrected chi connectivity index (χ1v) is 9.55. The van der Waals surface area contributed by atoms with Crippen molar-refractivity contribution in [2.75, 3.05) is 40.0 Å². The SMILES string of the molecule is COc1ccc(C(CNC(=O)c2cnc3c(c2)nnn3C)N2CCOCC2)cc1. The second kappa shape index (κ2) is 8.54. The Hall–Kier alpha value is -3.04. The number of fused-ring (bicyclic) bond motifs is 1. The Morgan fingerprint density at radius 3 is 2.76 bits per heavy atom. The molecule has 1 atom stereocenters. The zero-order valence-corrected chi connectivity index (χ0v) is 16.5. The number of pyridine rings is 1. The molecule has 0 spiro atoms. The molecular formula is C20H24N6O3. The van der Waals surface area contributed by atoms with E-state index in [4.69, 9.17) is 9.47 Å². The third-order valence-electron chi connectivity index (χ3n) is 5.15. The molecule has 9 nitrogen and oxygen atoms in total. The van der Waals surface area contributed by atoms with Gasteiger partial charge < -0.3 is 14.8 Å². The van der Waals surface area contributed by atoms with Gasteiger partial charge in [0.1, 0.15) is 11.3 Å². The van der Waals surface area contributed by atoms with Crippen LogP contribution in [0.2, 0.25) is 0 Å². The fourth-order valence-electron chi connectivity index (χ4n) is 3.52. The van der Waals surface area contributed by atoms with Gasteiger partial charge in [-0.2, -0.15) is 0 Å². The number of nitrogens with one attached hydrogen (secondary N) is 1. The Kier molecular flexibility index (Phi) is 5.68. The van der Waals surface area contributed by atoms with Crippen LogP contribution < -0.4 is 10.1 Å². The summed E-state index contributed by atoms with van der Waals surface area (Å²) < 4.78 is 12.3. The van der Waals surface area contributed by atoms with Crippen molar-refractivity contribution in [3.05, 3.63) is 47.7 Å². The monoisotopic (exact) mass is 396 g/mol. The van der Waals surface area contributed by atoms with Crippen LogP contribution in [0.1, 0.15) is 22.0 Å². The Morgan fingerprint density at radius 2 is 2.03 bits per heavy atom. The molecule has 0 bridgehead atoms. The van der Waals surface area contributed by atoms with E-state index in [2.05, 4.69) is 25.5 Å². The molecule has 0 saturated carbocycles. The molecule has 3 heterocycles. The summed E-state index contributed by atoms with van der Waals surface area (Å²) in [6.07, 6.45) is 1.55. The van der Waals surface area contributed by atoms with Gasteiger partial charge in [0.2, 0.25) is 0 Å². The molecule has 0 aliphatic carbocycles. The fourth-order valence-corrected chi connectivity index (χ4v) is 3.52. The van der Waals surface area contributed by atoms with Gasteiger partial charge in [0, 0.05) is 32.9 Å². The summed E-state index contributed by atoms with van der Waals surface area (Å²) >= 11 is 0. The minimum absolute atomic E-state index is 0.0435. The van der Waals surface area contributed by atoms with E-state index in [0.717, 1.165) is 24.4 Å². The molecule has 1 saturated heterocycles. The molecule has 2 aromatic heterocycles. The highest BCUT2D eigenvalue weighted by Crippen LogP contribution is 2.24. The van der Waals surface area contributed by atoms with Gasteiger partial charge in [0.05, 0.1) is 31.9 Å². The van der Waals surface area contributed by atoms with E-state index in [-0.39, 0.29) is 11.9 Å². The summed E-state index contributed by atoms with van der Waals surface area (Å²) in [4.78, 5) is 19.4. The number of hydrogen-bond donors (Lipinski definition) is 1. The minimum atomic E-state index is -0.183. The second-order valence-corrected chi connectivity index (χ2v) is 6.93. The van der Waals surface area contributed by atoms with Crippen molar-refractivity contribution in [1.82, 2.24) is 30.2 Å². The Balaban J connectivity index is 1.50. The molecule has 1 aromatic carbocycles. The Bertz CT molecular complexity index is 982. The highest BCUT2D eigenvalue weighted by molar-refractivity contribution is 5.96. The molecule has 29 heavy (non-hydrogen) atoms. The largest absolute Gasteiger partial charge is 0.497 e. The maximum Gasteiger partial charge on any atom is 0.252 e. The number of ether oxygens (including phenoxy) is 2. The highest BCUT2D eigenvalue weighted by Gasteiger charge is 2.23. The number of carbonyl (C=O) groups excluding carboxylic acids is 1. The van der Waals surface area contributed by atoms with Gasteiger partial charge in [-0.1, -0.05) is 17.3 Å². The third kappa shape index (κ3) is 4.20. The number of aromatic nitrogens is 4. The maximum atomic E-state index is 12.7. The van der Waals surface area contributed by atoms with E-state index in [1.807, 2.05) is 24.3 Å². The van der Waals surface area contributed by atoms with Crippen LogP contribution in [-0.4, -0.2) is 70.7 Å². The molecule has 1 unspecified atom stereocenters. The average molecular weight is 396 g/mol. The maximum absolute atomic E-state index is 12.7. The first-order valence-electron chi connectivity index (χ1n) is 9.55. The van der Waals surface area contributed by atoms with Crippen molar-refractivity contribution in [3.63, 3.8) is 0 Å². The molecule has 9 heteroatoms. The summed E-state index contributed by atoms with van der Waals surface area (Å²) in [6.45, 7) is 3.49. The molecule has 1 N–H and O–H groups in total. The molecule has 4 rings (SSSR count). The summed E-state index contributed by atoms with van der Waals surface area (Å²) in [6, 6.07) is 9.72. The van der Waals surface area contributed by atoms with Crippen LogP contribution in [0.4, 0.5) is 0 Å². The average Bonchev–Trinajstić information content (AvgIpc) is 3.15. The van der Waals surface area contributed by atoms with Gasteiger partial charge in [0.25, 0.3) is 5.91 Å². The van der Waals surface area contributed by atoms with Crippen molar-refractivity contribution in [1.29, 1.82) is 0 Å². The van der Waals surface area contributed by atoms with E-state index in [1.165, 1.54) is 0 Å². The number of amides is 1. The van der Waals surface area contributed by atoms with E-state index in [9.17, 15) is 4.79 Å². The van der Waals surface area contributed by atoms with E-state index >= 15 is 0 Å². The van der Waals surface area contributed by atoms with E-state index in [0.29, 0.717) is 36.5 Å². The topological polar surface area (TPSA) is 94.4 Å². The molecule has 152 valence electrons. The van der Waals surface area contributed by atoms with Crippen LogP contribution in [0.15, 0.2) is 36.5 Å². The predicted octanol–water partition coefficient (Wildman–Crippen LogP) is 1.18. The molecule has 1 fully saturated rings. The van der Waals surface area contributed by atoms with E-state index < -0.39 is 0 Å². The number of rotatable bonds is 6. The number of morpholine rings is 1. The van der Waals surface area contributed by atoms with Crippen LogP contribution in [0, 0.1) is 0 Å². The van der Waals surface area contributed by atoms with Crippen LogP contribution in [0.5, 0.6) is 5.75 Å². The molecule has 1 amide bonds. The predicted molar refractivity (Wildman–Crippen MR) is 107 cm³/mol. The molecule has 3 aromatic rings. The number of carbonyl (C=O) groups is 1. The van der Waals surface area contributed by atoms with Crippen LogP contribution in [-0.2, 0) is 11.8 Å². The zero-order chi connectivity index (χ0) is 20.2. The standard InChI is InChI=1S/C20H24N6O3/c1-25-19-17(23-24-25)11-15(12-21-19)20(27)22-13-18(26-7-9-29-10-8-26)14-3-5-16(28-2)6-4-14/h3-6,11-12,18H,7-10,13H2,1-2H3,(H,22,27). The van der Waals surface area contributed by atoms with Crippen LogP contribution in [0.3, 0.4) is 0 Å². The third-order valence-corrected chi connectivity index (χ3v) is 5.15. The summed E-state index contributed by atoms with van der Waals surface area (Å²) in [7, 11) is 3.42. The normalized spacial score (nSPS) is 15.9. The lowest BCUT2D eigenvalue weighted by molar-refractivity contribution is 0.0162. The van der Waals surface area contributed by atoms with Gasteiger partial charge in [-0.05, 0) is 23.8 Å². The van der Waals surface area contributed by atoms with Crippen LogP contribution >= 0.6 is 0 Å². The second-order valence-electron chi connectivity index (χ2n) is 6.93. The van der Waals surface area contributed by atoms with Crippen molar-refractivity contribution < 1.29 is 14.3 Å². The summed E-state index contributed by atoms with van der Waals surface area (Å²) in [5.41, 5.74) is 2.83. The molecule has 1 aliphatic heterocycles. The molecule has 1 aliphatic rings. The zero-order valence-electron chi connectivity index (χ0n) is 16.5. The number of methoxy groups -OCH3 is 1. The lowest BCUT2D eigenvalue weighted by Gasteiger charge is -2.35. The molecule has 0 radical (unpaired) electrons. The lowest BCUT2D eigenvalue weighted by atomic mass is 10.0. The minimum Gasteiger partial charge on any atom is -0.497 e. The highest BCUT2D eigenvalue weighted by atomic mass is 16.5. The number of aryl methyl sites for hydroxylation is 1. The molecular weight excluding hydrogens is 372 g/mol. The van der Waals surface area contributed by atoms with Crippen LogP contribution in [0.25, 0.3) is 11.2 Å². The van der Waals surface area contributed by atoms with Gasteiger partial charge in [0.15, 0.2) is 5.65 Å². The number of hydrogen-bond acceptors (Lipinski definition) is 7. The van der Waals surface area contributed by atoms with Crippen molar-refractivity contribution >= 4 is 17.1 Å². The number of benzene rings is 1. The number of nitrogens with zero attached hydrogens (tertiary/aromatic N) is 5. The van der Waals surface area contributed by atoms with Gasteiger partial charge in [-0.3, -0.25) is 9.69 Å². The first kappa shape index (κ1) is 19.3. The summed E-state index contributed by atoms with van der Waals surface area (Å²) in [5, 5.41) is 11.0. The van der Waals surface area contributed by atoms with Crippen molar-refractivity contribution in [3.8, 4) is 5.75 Å². The first-order chi connectivity index (χ1) is 14.2. The Morgan fingerprint density at radius 1 is 1.28 bits per heavy atom. The quantitative estimate of drug-likeness (QED) is 0.668.